The molecule has 3 heterocycles. The highest BCUT2D eigenvalue weighted by Gasteiger charge is 2.31. The van der Waals surface area contributed by atoms with Crippen molar-refractivity contribution in [3.05, 3.63) is 30.1 Å². The third kappa shape index (κ3) is 5.60. The molecule has 12 heteroatoms. The van der Waals surface area contributed by atoms with Gasteiger partial charge in [0.1, 0.15) is 0 Å². The minimum absolute atomic E-state index is 0.0239. The number of nitrogens with zero attached hydrogens (tertiary/aromatic N) is 5. The molecule has 2 fully saturated rings. The van der Waals surface area contributed by atoms with Crippen LogP contribution in [0, 0.1) is 0 Å². The van der Waals surface area contributed by atoms with Crippen LogP contribution in [0.5, 0.6) is 0 Å². The molecule has 12 nitrogen and oxygen atoms in total. The highest BCUT2D eigenvalue weighted by Crippen LogP contribution is 2.21. The van der Waals surface area contributed by atoms with Gasteiger partial charge in [-0.05, 0) is 24.3 Å². The maximum atomic E-state index is 13.3. The number of ether oxygens (including phenoxy) is 1. The first kappa shape index (κ1) is 23.0. The Balaban J connectivity index is 1.65. The van der Waals surface area contributed by atoms with Crippen molar-refractivity contribution in [1.29, 1.82) is 0 Å². The maximum Gasteiger partial charge on any atom is 0.261 e. The molecular weight excluding hydrogens is 428 g/mol. The number of Topliss-reactive ketones (excluding diaryl/α,β-unsaturated/α-hetero) is 1. The molecule has 1 unspecified atom stereocenters. The predicted molar refractivity (Wildman–Crippen MR) is 120 cm³/mol. The lowest BCUT2D eigenvalue weighted by molar-refractivity contribution is -0.135. The van der Waals surface area contributed by atoms with Gasteiger partial charge in [-0.2, -0.15) is 9.97 Å². The number of nitrogens with two attached hydrogens (primary N) is 1. The van der Waals surface area contributed by atoms with Crippen molar-refractivity contribution in [1.82, 2.24) is 30.6 Å². The van der Waals surface area contributed by atoms with Crippen molar-refractivity contribution in [2.75, 3.05) is 63.1 Å². The van der Waals surface area contributed by atoms with Gasteiger partial charge in [0.2, 0.25) is 17.6 Å². The quantitative estimate of drug-likeness (QED) is 0.181. The summed E-state index contributed by atoms with van der Waals surface area (Å²) in [6.45, 7) is 4.80. The van der Waals surface area contributed by atoms with Crippen LogP contribution in [0.15, 0.2) is 24.3 Å². The SMILES string of the molecule is Nc1ccc(-c2nc(C(=O)CC(C(=O)NO)N3CCNCC3)nc(N3CCOCC3)n2)cc1. The van der Waals surface area contributed by atoms with Crippen molar-refractivity contribution < 1.29 is 19.5 Å². The fraction of sp³-hybridized carbons (Fsp3) is 0.476. The Bertz CT molecular complexity index is 975. The van der Waals surface area contributed by atoms with Gasteiger partial charge in [0, 0.05) is 56.9 Å². The van der Waals surface area contributed by atoms with Gasteiger partial charge in [-0.15, -0.1) is 0 Å². The summed E-state index contributed by atoms with van der Waals surface area (Å²) in [5, 5.41) is 12.4. The summed E-state index contributed by atoms with van der Waals surface area (Å²) in [5.41, 5.74) is 8.78. The third-order valence-corrected chi connectivity index (χ3v) is 5.72. The number of aromatic nitrogens is 3. The summed E-state index contributed by atoms with van der Waals surface area (Å²) in [6.07, 6.45) is -0.167. The second kappa shape index (κ2) is 10.6. The molecule has 2 saturated heterocycles. The minimum atomic E-state index is -0.826. The van der Waals surface area contributed by atoms with Gasteiger partial charge < -0.3 is 20.7 Å². The average Bonchev–Trinajstić information content (AvgIpc) is 2.88. The number of benzene rings is 1. The summed E-state index contributed by atoms with van der Waals surface area (Å²) in [6, 6.07) is 6.21. The second-order valence-corrected chi connectivity index (χ2v) is 7.91. The van der Waals surface area contributed by atoms with E-state index in [-0.39, 0.29) is 12.2 Å². The molecule has 33 heavy (non-hydrogen) atoms. The van der Waals surface area contributed by atoms with Gasteiger partial charge >= 0.3 is 0 Å². The lowest BCUT2D eigenvalue weighted by Crippen LogP contribution is -2.54. The van der Waals surface area contributed by atoms with Crippen molar-refractivity contribution >= 4 is 23.3 Å². The van der Waals surface area contributed by atoms with Gasteiger partial charge in [0.05, 0.1) is 19.3 Å². The zero-order chi connectivity index (χ0) is 23.2. The van der Waals surface area contributed by atoms with Crippen LogP contribution in [0.3, 0.4) is 0 Å². The van der Waals surface area contributed by atoms with E-state index in [1.807, 2.05) is 9.80 Å². The minimum Gasteiger partial charge on any atom is -0.399 e. The Morgan fingerprint density at radius 2 is 1.79 bits per heavy atom. The second-order valence-electron chi connectivity index (χ2n) is 7.91. The van der Waals surface area contributed by atoms with Crippen LogP contribution in [-0.2, 0) is 9.53 Å². The third-order valence-electron chi connectivity index (χ3n) is 5.72. The molecule has 0 radical (unpaired) electrons. The van der Waals surface area contributed by atoms with E-state index in [4.69, 9.17) is 10.5 Å². The number of carbonyl (C=O) groups is 2. The first-order valence-corrected chi connectivity index (χ1v) is 10.9. The predicted octanol–water partition coefficient (Wildman–Crippen LogP) is -0.691. The molecule has 5 N–H and O–H groups in total. The Labute approximate surface area is 191 Å². The summed E-state index contributed by atoms with van der Waals surface area (Å²) < 4.78 is 5.41. The molecular formula is C21H28N8O4. The molecule has 2 aromatic rings. The normalized spacial score (nSPS) is 18.0. The first-order chi connectivity index (χ1) is 16.0. The van der Waals surface area contributed by atoms with Crippen LogP contribution in [0.1, 0.15) is 17.0 Å². The van der Waals surface area contributed by atoms with E-state index in [1.54, 1.807) is 29.7 Å². The molecule has 0 spiro atoms. The molecule has 1 atom stereocenters. The van der Waals surface area contributed by atoms with E-state index in [0.717, 1.165) is 0 Å². The van der Waals surface area contributed by atoms with E-state index < -0.39 is 17.7 Å². The number of hydroxylamine groups is 1. The van der Waals surface area contributed by atoms with Crippen LogP contribution in [-0.4, -0.2) is 95.3 Å². The number of morpholine rings is 1. The Morgan fingerprint density at radius 1 is 1.09 bits per heavy atom. The number of anilines is 2. The standard InChI is InChI=1S/C21H28N8O4/c22-15-3-1-14(2-4-15)18-24-19(26-21(25-18)29-9-11-33-12-10-29)17(30)13-16(20(31)27-32)28-7-5-23-6-8-28/h1-4,16,23,32H,5-13,22H2,(H,27,31). The summed E-state index contributed by atoms with van der Waals surface area (Å²) >= 11 is 0. The molecule has 1 aromatic heterocycles. The number of amides is 1. The monoisotopic (exact) mass is 456 g/mol. The number of carbonyl (C=O) groups excluding carboxylic acids is 2. The smallest absolute Gasteiger partial charge is 0.261 e. The van der Waals surface area contributed by atoms with E-state index in [0.29, 0.717) is 75.5 Å². The Morgan fingerprint density at radius 3 is 2.45 bits per heavy atom. The van der Waals surface area contributed by atoms with Crippen LogP contribution in [0.25, 0.3) is 11.4 Å². The van der Waals surface area contributed by atoms with E-state index in [1.165, 1.54) is 0 Å². The zero-order valence-electron chi connectivity index (χ0n) is 18.2. The highest BCUT2D eigenvalue weighted by atomic mass is 16.5. The number of hydrogen-bond acceptors (Lipinski definition) is 11. The fourth-order valence-corrected chi connectivity index (χ4v) is 3.88. The summed E-state index contributed by atoms with van der Waals surface area (Å²) in [5.74, 6) is -0.333. The van der Waals surface area contributed by atoms with Crippen molar-refractivity contribution in [3.8, 4) is 11.4 Å². The van der Waals surface area contributed by atoms with Crippen LogP contribution < -0.4 is 21.4 Å². The molecule has 0 aliphatic carbocycles. The lowest BCUT2D eigenvalue weighted by atomic mass is 10.1. The number of nitrogen functional groups attached to an aromatic ring is 1. The molecule has 0 bridgehead atoms. The van der Waals surface area contributed by atoms with Crippen LogP contribution in [0.4, 0.5) is 11.6 Å². The van der Waals surface area contributed by atoms with E-state index in [2.05, 4.69) is 20.3 Å². The van der Waals surface area contributed by atoms with Crippen molar-refractivity contribution in [2.45, 2.75) is 12.5 Å². The zero-order valence-corrected chi connectivity index (χ0v) is 18.2. The van der Waals surface area contributed by atoms with Gasteiger partial charge in [-0.3, -0.25) is 19.7 Å². The Hall–Kier alpha value is -3.19. The molecule has 176 valence electrons. The van der Waals surface area contributed by atoms with Gasteiger partial charge in [-0.1, -0.05) is 0 Å². The number of nitrogens with one attached hydrogen (secondary N) is 2. The largest absolute Gasteiger partial charge is 0.399 e. The molecule has 1 aromatic carbocycles. The van der Waals surface area contributed by atoms with Gasteiger partial charge in [-0.25, -0.2) is 10.5 Å². The van der Waals surface area contributed by atoms with Gasteiger partial charge in [0.15, 0.2) is 5.82 Å². The molecule has 4 rings (SSSR count). The summed E-state index contributed by atoms with van der Waals surface area (Å²) in [7, 11) is 0. The molecule has 2 aliphatic heterocycles. The topological polar surface area (TPSA) is 159 Å². The number of hydrogen-bond donors (Lipinski definition) is 4. The highest BCUT2D eigenvalue weighted by molar-refractivity contribution is 5.97. The number of ketones is 1. The van der Waals surface area contributed by atoms with Crippen LogP contribution in [0.2, 0.25) is 0 Å². The lowest BCUT2D eigenvalue weighted by Gasteiger charge is -2.33. The van der Waals surface area contributed by atoms with Crippen molar-refractivity contribution in [3.63, 3.8) is 0 Å². The maximum absolute atomic E-state index is 13.3. The van der Waals surface area contributed by atoms with E-state index in [9.17, 15) is 14.8 Å². The first-order valence-electron chi connectivity index (χ1n) is 10.9. The number of rotatable bonds is 7. The molecule has 2 aliphatic rings. The molecule has 1 amide bonds. The Kier molecular flexibility index (Phi) is 7.40. The number of piperazine rings is 1. The average molecular weight is 457 g/mol. The molecule has 0 saturated carbocycles. The fourth-order valence-electron chi connectivity index (χ4n) is 3.88. The summed E-state index contributed by atoms with van der Waals surface area (Å²) in [4.78, 5) is 42.9. The van der Waals surface area contributed by atoms with Gasteiger partial charge in [0.25, 0.3) is 5.91 Å². The van der Waals surface area contributed by atoms with Crippen molar-refractivity contribution in [2.24, 2.45) is 0 Å². The van der Waals surface area contributed by atoms with Crippen LogP contribution >= 0.6 is 0 Å². The van der Waals surface area contributed by atoms with E-state index >= 15 is 0 Å².